The highest BCUT2D eigenvalue weighted by atomic mass is 35.5. The molecule has 0 aliphatic rings. The van der Waals surface area contributed by atoms with Gasteiger partial charge in [-0.3, -0.25) is 4.79 Å². The second-order valence-electron chi connectivity index (χ2n) is 6.23. The Hall–Kier alpha value is -2.21. The highest BCUT2D eigenvalue weighted by Gasteiger charge is 2.18. The third-order valence-electron chi connectivity index (χ3n) is 4.25. The summed E-state index contributed by atoms with van der Waals surface area (Å²) in [6, 6.07) is 17.3. The first-order chi connectivity index (χ1) is 13.0. The van der Waals surface area contributed by atoms with E-state index in [1.54, 1.807) is 23.5 Å². The topological polar surface area (TPSA) is 41.1 Å². The number of benzene rings is 2. The van der Waals surface area contributed by atoms with Gasteiger partial charge in [0.15, 0.2) is 0 Å². The first kappa shape index (κ1) is 19.5. The molecule has 2 N–H and O–H groups in total. The molecule has 0 bridgehead atoms. The molecule has 0 spiro atoms. The van der Waals surface area contributed by atoms with Crippen molar-refractivity contribution >= 4 is 28.8 Å². The van der Waals surface area contributed by atoms with Gasteiger partial charge in [0.1, 0.15) is 5.82 Å². The van der Waals surface area contributed by atoms with Crippen molar-refractivity contribution in [3.63, 3.8) is 0 Å². The van der Waals surface area contributed by atoms with Crippen molar-refractivity contribution in [1.82, 2.24) is 10.6 Å². The van der Waals surface area contributed by atoms with E-state index in [1.807, 2.05) is 48.7 Å². The fourth-order valence-electron chi connectivity index (χ4n) is 2.78. The van der Waals surface area contributed by atoms with E-state index in [9.17, 15) is 9.18 Å². The summed E-state index contributed by atoms with van der Waals surface area (Å²) in [5, 5.41) is 8.87. The number of hydrogen-bond donors (Lipinski definition) is 2. The van der Waals surface area contributed by atoms with Gasteiger partial charge in [-0.2, -0.15) is 0 Å². The number of rotatable bonds is 7. The lowest BCUT2D eigenvalue weighted by atomic mass is 10.1. The van der Waals surface area contributed by atoms with Gasteiger partial charge in [-0.15, -0.1) is 11.3 Å². The lowest BCUT2D eigenvalue weighted by molar-refractivity contribution is -0.120. The monoisotopic (exact) mass is 402 g/mol. The maximum absolute atomic E-state index is 13.3. The van der Waals surface area contributed by atoms with Crippen LogP contribution in [0.25, 0.3) is 0 Å². The first-order valence-corrected chi connectivity index (χ1v) is 9.86. The molecule has 0 saturated heterocycles. The predicted molar refractivity (Wildman–Crippen MR) is 109 cm³/mol. The van der Waals surface area contributed by atoms with E-state index in [0.29, 0.717) is 5.02 Å². The number of carbonyl (C=O) groups is 1. The normalized spacial score (nSPS) is 13.1. The van der Waals surface area contributed by atoms with Gasteiger partial charge < -0.3 is 10.6 Å². The molecule has 0 saturated carbocycles. The first-order valence-electron chi connectivity index (χ1n) is 8.60. The molecule has 3 aromatic rings. The minimum absolute atomic E-state index is 0.0135. The molecule has 1 amide bonds. The molecule has 27 heavy (non-hydrogen) atoms. The van der Waals surface area contributed by atoms with Gasteiger partial charge in [0.2, 0.25) is 5.91 Å². The highest BCUT2D eigenvalue weighted by Crippen LogP contribution is 2.26. The molecule has 0 aliphatic carbocycles. The van der Waals surface area contributed by atoms with Gasteiger partial charge in [-0.05, 0) is 53.8 Å². The largest absolute Gasteiger partial charge is 0.343 e. The molecule has 2 atom stereocenters. The molecule has 3 rings (SSSR count). The zero-order valence-electron chi connectivity index (χ0n) is 14.8. The fraction of sp³-hybridized carbons (Fsp3) is 0.190. The fourth-order valence-corrected chi connectivity index (χ4v) is 3.78. The van der Waals surface area contributed by atoms with Gasteiger partial charge >= 0.3 is 0 Å². The maximum atomic E-state index is 13.3. The predicted octanol–water partition coefficient (Wildman–Crippen LogP) is 5.10. The van der Waals surface area contributed by atoms with E-state index in [1.165, 1.54) is 12.1 Å². The second kappa shape index (κ2) is 9.13. The SMILES string of the molecule is C[C@H](NCC(=O)N[C@@H](c1ccc(F)cc1)c1cccs1)c1cccc(Cl)c1. The number of carbonyl (C=O) groups excluding carboxylic acids is 1. The summed E-state index contributed by atoms with van der Waals surface area (Å²) in [5.41, 5.74) is 1.86. The summed E-state index contributed by atoms with van der Waals surface area (Å²) in [6.45, 7) is 2.15. The number of hydrogen-bond acceptors (Lipinski definition) is 3. The van der Waals surface area contributed by atoms with E-state index >= 15 is 0 Å². The summed E-state index contributed by atoms with van der Waals surface area (Å²) < 4.78 is 13.3. The number of amides is 1. The molecular weight excluding hydrogens is 383 g/mol. The third-order valence-corrected chi connectivity index (χ3v) is 5.43. The Labute approximate surface area is 167 Å². The van der Waals surface area contributed by atoms with Crippen molar-refractivity contribution in [1.29, 1.82) is 0 Å². The van der Waals surface area contributed by atoms with Crippen molar-refractivity contribution in [2.24, 2.45) is 0 Å². The van der Waals surface area contributed by atoms with Gasteiger partial charge in [-0.25, -0.2) is 4.39 Å². The Morgan fingerprint density at radius 2 is 1.89 bits per heavy atom. The van der Waals surface area contributed by atoms with Gasteiger partial charge in [0.25, 0.3) is 0 Å². The third kappa shape index (κ3) is 5.39. The molecular formula is C21H20ClFN2OS. The van der Waals surface area contributed by atoms with Crippen molar-refractivity contribution in [3.8, 4) is 0 Å². The van der Waals surface area contributed by atoms with E-state index in [-0.39, 0.29) is 30.4 Å². The van der Waals surface area contributed by atoms with Crippen LogP contribution >= 0.6 is 22.9 Å². The second-order valence-corrected chi connectivity index (χ2v) is 7.64. The van der Waals surface area contributed by atoms with Crippen LogP contribution in [0.4, 0.5) is 4.39 Å². The molecule has 0 radical (unpaired) electrons. The average Bonchev–Trinajstić information content (AvgIpc) is 3.19. The zero-order chi connectivity index (χ0) is 19.2. The smallest absolute Gasteiger partial charge is 0.234 e. The Morgan fingerprint density at radius 1 is 1.11 bits per heavy atom. The van der Waals surface area contributed by atoms with Gasteiger partial charge in [-0.1, -0.05) is 41.9 Å². The average molecular weight is 403 g/mol. The lowest BCUT2D eigenvalue weighted by Gasteiger charge is -2.20. The van der Waals surface area contributed by atoms with Gasteiger partial charge in [0, 0.05) is 15.9 Å². The zero-order valence-corrected chi connectivity index (χ0v) is 16.4. The minimum atomic E-state index is -0.304. The van der Waals surface area contributed by atoms with Crippen LogP contribution in [0, 0.1) is 5.82 Å². The van der Waals surface area contributed by atoms with Crippen molar-refractivity contribution < 1.29 is 9.18 Å². The molecule has 3 nitrogen and oxygen atoms in total. The molecule has 1 aromatic heterocycles. The van der Waals surface area contributed by atoms with Crippen molar-refractivity contribution in [2.75, 3.05) is 6.54 Å². The standard InChI is InChI=1S/C21H20ClFN2OS/c1-14(16-4-2-5-17(22)12-16)24-13-20(26)25-21(19-6-3-11-27-19)15-7-9-18(23)10-8-15/h2-12,14,21,24H,13H2,1H3,(H,25,26)/t14-,21-/m0/s1. The molecule has 1 heterocycles. The quantitative estimate of drug-likeness (QED) is 0.577. The molecule has 2 aromatic carbocycles. The van der Waals surface area contributed by atoms with Crippen molar-refractivity contribution in [3.05, 3.63) is 92.9 Å². The van der Waals surface area contributed by atoms with E-state index < -0.39 is 0 Å². The Kier molecular flexibility index (Phi) is 6.61. The van der Waals surface area contributed by atoms with Crippen LogP contribution in [0.3, 0.4) is 0 Å². The maximum Gasteiger partial charge on any atom is 0.234 e. The summed E-state index contributed by atoms with van der Waals surface area (Å²) in [7, 11) is 0. The summed E-state index contributed by atoms with van der Waals surface area (Å²) in [4.78, 5) is 13.5. The van der Waals surface area contributed by atoms with Crippen LogP contribution in [-0.4, -0.2) is 12.5 Å². The molecule has 140 valence electrons. The van der Waals surface area contributed by atoms with Crippen LogP contribution in [0.2, 0.25) is 5.02 Å². The van der Waals surface area contributed by atoms with E-state index in [2.05, 4.69) is 10.6 Å². The summed E-state index contributed by atoms with van der Waals surface area (Å²) >= 11 is 7.58. The summed E-state index contributed by atoms with van der Waals surface area (Å²) in [6.07, 6.45) is 0. The van der Waals surface area contributed by atoms with Crippen LogP contribution in [0.15, 0.2) is 66.0 Å². The lowest BCUT2D eigenvalue weighted by Crippen LogP contribution is -2.37. The van der Waals surface area contributed by atoms with E-state index in [4.69, 9.17) is 11.6 Å². The van der Waals surface area contributed by atoms with Crippen LogP contribution < -0.4 is 10.6 Å². The van der Waals surface area contributed by atoms with Crippen LogP contribution in [-0.2, 0) is 4.79 Å². The number of thiophene rings is 1. The molecule has 6 heteroatoms. The number of halogens is 2. The number of nitrogens with one attached hydrogen (secondary N) is 2. The Balaban J connectivity index is 1.65. The van der Waals surface area contributed by atoms with E-state index in [0.717, 1.165) is 16.0 Å². The van der Waals surface area contributed by atoms with Gasteiger partial charge in [0.05, 0.1) is 12.6 Å². The summed E-state index contributed by atoms with van der Waals surface area (Å²) in [5.74, 6) is -0.432. The Morgan fingerprint density at radius 3 is 2.56 bits per heavy atom. The van der Waals surface area contributed by atoms with Crippen molar-refractivity contribution in [2.45, 2.75) is 19.0 Å². The van der Waals surface area contributed by atoms with Crippen LogP contribution in [0.5, 0.6) is 0 Å². The van der Waals surface area contributed by atoms with Crippen LogP contribution in [0.1, 0.15) is 35.0 Å². The molecule has 0 fully saturated rings. The highest BCUT2D eigenvalue weighted by molar-refractivity contribution is 7.10. The molecule has 0 aliphatic heterocycles. The molecule has 0 unspecified atom stereocenters. The minimum Gasteiger partial charge on any atom is -0.343 e. The Bertz CT molecular complexity index is 883.